The first-order valence-electron chi connectivity index (χ1n) is 7.64. The van der Waals surface area contributed by atoms with Gasteiger partial charge in [0.2, 0.25) is 0 Å². The van der Waals surface area contributed by atoms with Crippen molar-refractivity contribution in [1.82, 2.24) is 10.6 Å². The summed E-state index contributed by atoms with van der Waals surface area (Å²) >= 11 is 3.16. The smallest absolute Gasteiger partial charge is 0.547 e. The van der Waals surface area contributed by atoms with Crippen molar-refractivity contribution in [2.45, 2.75) is 8.10 Å². The van der Waals surface area contributed by atoms with Crippen molar-refractivity contribution in [2.24, 2.45) is 0 Å². The Kier molecular flexibility index (Phi) is 18.5. The number of carboxylic acid groups (broad SMARTS) is 2. The molecule has 0 aliphatic carbocycles. The molecule has 0 fully saturated rings. The molecule has 2 aromatic rings. The average Bonchev–Trinajstić information content (AvgIpc) is 2.69. The van der Waals surface area contributed by atoms with E-state index in [0.717, 1.165) is 0 Å². The molecule has 0 bridgehead atoms. The van der Waals surface area contributed by atoms with Gasteiger partial charge in [0.05, 0.1) is 11.9 Å². The Morgan fingerprint density at radius 1 is 0.633 bits per heavy atom. The molecule has 0 saturated heterocycles. The molecule has 12 heteroatoms. The Balaban J connectivity index is 0. The summed E-state index contributed by atoms with van der Waals surface area (Å²) in [5.74, 6) is -3.46. The van der Waals surface area contributed by atoms with E-state index in [2.05, 4.69) is 10.6 Å². The average molecular weight is 654 g/mol. The minimum atomic E-state index is -1.31. The van der Waals surface area contributed by atoms with Gasteiger partial charge in [0.25, 0.3) is 11.8 Å². The van der Waals surface area contributed by atoms with Gasteiger partial charge in [-0.3, -0.25) is 9.59 Å². The Morgan fingerprint density at radius 3 is 1.13 bits per heavy atom. The molecule has 2 atom stereocenters. The van der Waals surface area contributed by atoms with E-state index >= 15 is 0 Å². The van der Waals surface area contributed by atoms with E-state index in [0.29, 0.717) is 11.1 Å². The summed E-state index contributed by atoms with van der Waals surface area (Å²) in [5, 5.41) is 25.2. The topological polar surface area (TPSA) is 138 Å². The van der Waals surface area contributed by atoms with Crippen LogP contribution in [0.1, 0.15) is 20.7 Å². The first kappa shape index (κ1) is 32.0. The zero-order valence-corrected chi connectivity index (χ0v) is 24.4. The second-order valence-corrected chi connectivity index (χ2v) is 7.53. The third-order valence-electron chi connectivity index (χ3n) is 3.00. The number of carbonyl (C=O) groups is 4. The van der Waals surface area contributed by atoms with E-state index in [4.69, 9.17) is 0 Å². The second-order valence-electron chi connectivity index (χ2n) is 5.04. The van der Waals surface area contributed by atoms with Crippen LogP contribution in [-0.4, -0.2) is 31.9 Å². The van der Waals surface area contributed by atoms with Gasteiger partial charge in [-0.05, 0) is 24.3 Å². The molecule has 0 saturated carbocycles. The number of amides is 2. The summed E-state index contributed by atoms with van der Waals surface area (Å²) in [6.07, 6.45) is 0. The van der Waals surface area contributed by atoms with Crippen molar-refractivity contribution >= 4 is 68.9 Å². The minimum Gasteiger partial charge on any atom is -0.547 e. The maximum atomic E-state index is 11.4. The van der Waals surface area contributed by atoms with Gasteiger partial charge in [0.15, 0.2) is 0 Å². The molecule has 8 nitrogen and oxygen atoms in total. The third-order valence-corrected chi connectivity index (χ3v) is 4.64. The maximum Gasteiger partial charge on any atom is 1.00 e. The molecule has 2 N–H and O–H groups in total. The summed E-state index contributed by atoms with van der Waals surface area (Å²) < 4.78 is -2.03. The van der Waals surface area contributed by atoms with E-state index in [9.17, 15) is 29.4 Å². The number of rotatable bonds is 6. The zero-order chi connectivity index (χ0) is 21.1. The molecule has 2 unspecified atom stereocenters. The van der Waals surface area contributed by atoms with Crippen molar-refractivity contribution in [3.05, 3.63) is 71.8 Å². The van der Waals surface area contributed by atoms with Gasteiger partial charge in [-0.15, -0.1) is 0 Å². The molecule has 0 radical (unpaired) electrons. The van der Waals surface area contributed by atoms with Crippen molar-refractivity contribution in [1.29, 1.82) is 0 Å². The molecule has 2 rings (SSSR count). The van der Waals surface area contributed by atoms with Gasteiger partial charge in [-0.2, -0.15) is 0 Å². The Labute approximate surface area is 244 Å². The number of nitrogens with one attached hydrogen (secondary N) is 2. The predicted molar refractivity (Wildman–Crippen MR) is 113 cm³/mol. The molecular weight excluding hydrogens is 640 g/mol. The summed E-state index contributed by atoms with van der Waals surface area (Å²) in [5.41, 5.74) is 0.853. The number of hydrogen-bond acceptors (Lipinski definition) is 6. The summed E-state index contributed by atoms with van der Waals surface area (Å²) in [4.78, 5) is 43.4. The molecule has 0 aliphatic rings. The number of carbonyl (C=O) groups excluding carboxylic acids is 4. The first-order chi connectivity index (χ1) is 13.2. The van der Waals surface area contributed by atoms with Gasteiger partial charge < -0.3 is 30.4 Å². The van der Waals surface area contributed by atoms with Crippen LogP contribution in [0.5, 0.6) is 0 Å². The predicted octanol–water partition coefficient (Wildman–Crippen LogP) is -6.14. The van der Waals surface area contributed by atoms with Crippen LogP contribution in [0.2, 0.25) is 0 Å². The van der Waals surface area contributed by atoms with Crippen LogP contribution < -0.4 is 80.0 Å². The van der Waals surface area contributed by atoms with Crippen molar-refractivity contribution < 1.29 is 88.5 Å². The van der Waals surface area contributed by atoms with E-state index < -0.39 is 31.9 Å². The van der Waals surface area contributed by atoms with E-state index in [-0.39, 0.29) is 59.1 Å². The monoisotopic (exact) mass is 654 g/mol. The summed E-state index contributed by atoms with van der Waals surface area (Å²) in [6.45, 7) is 0. The van der Waals surface area contributed by atoms with E-state index in [1.54, 1.807) is 106 Å². The second kappa shape index (κ2) is 17.3. The van der Waals surface area contributed by atoms with Gasteiger partial charge >= 0.3 is 59.1 Å². The van der Waals surface area contributed by atoms with Crippen molar-refractivity contribution in [3.63, 3.8) is 0 Å². The quantitative estimate of drug-likeness (QED) is 0.138. The standard InChI is InChI=1S/2C9H8INO3.2Na/c2*10-7(9(13)14)11-8(12)6-4-2-1-3-5-6;;/h2*1-5,7H,(H,11,12)(H,13,14);;/q;;2*+1/p-2. The Bertz CT molecular complexity index is 758. The van der Waals surface area contributed by atoms with Crippen molar-refractivity contribution in [3.8, 4) is 0 Å². The molecule has 0 spiro atoms. The minimum absolute atomic E-state index is 0. The maximum absolute atomic E-state index is 11.4. The van der Waals surface area contributed by atoms with Crippen LogP contribution in [-0.2, 0) is 9.59 Å². The van der Waals surface area contributed by atoms with Gasteiger partial charge in [0, 0.05) is 11.1 Å². The summed E-state index contributed by atoms with van der Waals surface area (Å²) in [6, 6.07) is 16.8. The largest absolute Gasteiger partial charge is 1.00 e. The zero-order valence-electron chi connectivity index (χ0n) is 16.1. The SMILES string of the molecule is O=C(NC(I)C(=O)[O-])c1ccccc1.O=C(NC(I)C(=O)[O-])c1ccccc1.[Na+].[Na+]. The van der Waals surface area contributed by atoms with Crippen LogP contribution in [0, 0.1) is 0 Å². The normalized spacial score (nSPS) is 11.0. The molecular formula is C18H14I2N2Na2O6. The molecule has 2 aromatic carbocycles. The number of benzene rings is 2. The molecule has 0 heterocycles. The molecule has 30 heavy (non-hydrogen) atoms. The number of carboxylic acids is 2. The molecule has 2 amide bonds. The number of hydrogen-bond donors (Lipinski definition) is 2. The molecule has 0 aliphatic heterocycles. The molecule has 0 aromatic heterocycles. The number of alkyl halides is 2. The number of aliphatic carboxylic acids is 2. The van der Waals surface area contributed by atoms with E-state index in [1.165, 1.54) is 0 Å². The first-order valence-corrected chi connectivity index (χ1v) is 10.1. The van der Waals surface area contributed by atoms with Crippen LogP contribution in [0.25, 0.3) is 0 Å². The van der Waals surface area contributed by atoms with Crippen LogP contribution in [0.3, 0.4) is 0 Å². The van der Waals surface area contributed by atoms with Gasteiger partial charge in [0.1, 0.15) is 8.10 Å². The third kappa shape index (κ3) is 12.6. The fraction of sp³-hybridized carbons (Fsp3) is 0.111. The number of halogens is 2. The van der Waals surface area contributed by atoms with Crippen molar-refractivity contribution in [2.75, 3.05) is 0 Å². The van der Waals surface area contributed by atoms with Crippen LogP contribution in [0.4, 0.5) is 0 Å². The van der Waals surface area contributed by atoms with Crippen LogP contribution >= 0.6 is 45.2 Å². The Hall–Kier alpha value is -0.220. The van der Waals surface area contributed by atoms with Gasteiger partial charge in [-0.1, -0.05) is 81.6 Å². The summed E-state index contributed by atoms with van der Waals surface area (Å²) in [7, 11) is 0. The fourth-order valence-corrected chi connectivity index (χ4v) is 2.26. The fourth-order valence-electron chi connectivity index (χ4n) is 1.69. The van der Waals surface area contributed by atoms with Crippen LogP contribution in [0.15, 0.2) is 60.7 Å². The van der Waals surface area contributed by atoms with Gasteiger partial charge in [-0.25, -0.2) is 0 Å². The van der Waals surface area contributed by atoms with E-state index in [1.807, 2.05) is 0 Å². The molecule has 148 valence electrons. The Morgan fingerprint density at radius 2 is 0.900 bits per heavy atom.